The third kappa shape index (κ3) is 6.09. The van der Waals surface area contributed by atoms with E-state index in [4.69, 9.17) is 39.5 Å². The van der Waals surface area contributed by atoms with Crippen LogP contribution in [0.1, 0.15) is 21.5 Å². The summed E-state index contributed by atoms with van der Waals surface area (Å²) in [6.45, 7) is 0.641. The van der Waals surface area contributed by atoms with E-state index in [-0.39, 0.29) is 11.7 Å². The predicted octanol–water partition coefficient (Wildman–Crippen LogP) is 7.49. The molecule has 0 radical (unpaired) electrons. The van der Waals surface area contributed by atoms with E-state index in [1.807, 2.05) is 30.3 Å². The molecule has 4 rings (SSSR count). The average Bonchev–Trinajstić information content (AvgIpc) is 3.14. The molecule has 1 aromatic heterocycles. The highest BCUT2D eigenvalue weighted by Crippen LogP contribution is 2.27. The van der Waals surface area contributed by atoms with Crippen LogP contribution in [-0.2, 0) is 13.2 Å². The second-order valence-electron chi connectivity index (χ2n) is 7.12. The number of benzene rings is 3. The summed E-state index contributed by atoms with van der Waals surface area (Å²) < 4.78 is 8.31. The molecule has 0 aliphatic heterocycles. The molecule has 0 atom stereocenters. The summed E-state index contributed by atoms with van der Waals surface area (Å²) in [5, 5.41) is 8.49. The van der Waals surface area contributed by atoms with Crippen molar-refractivity contribution in [3.05, 3.63) is 109 Å². The number of nitrogens with one attached hydrogen (secondary N) is 1. The van der Waals surface area contributed by atoms with Crippen molar-refractivity contribution in [2.75, 3.05) is 5.32 Å². The van der Waals surface area contributed by atoms with Gasteiger partial charge in [0.1, 0.15) is 17.4 Å². The molecule has 0 unspecified atom stereocenters. The Kier molecular flexibility index (Phi) is 7.60. The third-order valence-electron chi connectivity index (χ3n) is 4.72. The van der Waals surface area contributed by atoms with Crippen LogP contribution in [0.5, 0.6) is 5.75 Å². The minimum Gasteiger partial charge on any atom is -0.489 e. The van der Waals surface area contributed by atoms with Crippen LogP contribution >= 0.6 is 50.7 Å². The third-order valence-corrected chi connectivity index (χ3v) is 6.20. The van der Waals surface area contributed by atoms with Gasteiger partial charge in [0.2, 0.25) is 0 Å². The van der Waals surface area contributed by atoms with Gasteiger partial charge in [-0.2, -0.15) is 5.10 Å². The molecule has 5 nitrogen and oxygen atoms in total. The van der Waals surface area contributed by atoms with Crippen molar-refractivity contribution in [1.29, 1.82) is 0 Å². The van der Waals surface area contributed by atoms with Gasteiger partial charge in [0, 0.05) is 31.8 Å². The van der Waals surface area contributed by atoms with E-state index in [1.165, 1.54) is 0 Å². The van der Waals surface area contributed by atoms with Gasteiger partial charge >= 0.3 is 0 Å². The summed E-state index contributed by atoms with van der Waals surface area (Å²) in [6, 6.07) is 20.0. The van der Waals surface area contributed by atoms with E-state index < -0.39 is 0 Å². The molecule has 3 aromatic carbocycles. The number of rotatable bonds is 7. The SMILES string of the molecule is O=C(Nc1nn(Cc2c(Cl)cccc2Cl)cc1Cl)c1cccc(COc2cccc(Br)c2)c1. The summed E-state index contributed by atoms with van der Waals surface area (Å²) >= 11 is 22.2. The highest BCUT2D eigenvalue weighted by molar-refractivity contribution is 9.10. The van der Waals surface area contributed by atoms with Crippen LogP contribution < -0.4 is 10.1 Å². The lowest BCUT2D eigenvalue weighted by molar-refractivity contribution is 0.102. The smallest absolute Gasteiger partial charge is 0.256 e. The summed E-state index contributed by atoms with van der Waals surface area (Å²) in [5.74, 6) is 0.651. The highest BCUT2D eigenvalue weighted by atomic mass is 79.9. The molecule has 0 fully saturated rings. The molecule has 1 N–H and O–H groups in total. The molecule has 0 spiro atoms. The van der Waals surface area contributed by atoms with Crippen molar-refractivity contribution in [3.63, 3.8) is 0 Å². The molecule has 0 saturated heterocycles. The van der Waals surface area contributed by atoms with Gasteiger partial charge in [0.15, 0.2) is 5.82 Å². The molecule has 0 aliphatic carbocycles. The number of amides is 1. The fourth-order valence-electron chi connectivity index (χ4n) is 3.11. The number of anilines is 1. The predicted molar refractivity (Wildman–Crippen MR) is 136 cm³/mol. The molecule has 1 heterocycles. The van der Waals surface area contributed by atoms with Crippen LogP contribution in [0, 0.1) is 0 Å². The Morgan fingerprint density at radius 2 is 1.70 bits per heavy atom. The molecular weight excluding hydrogens is 549 g/mol. The van der Waals surface area contributed by atoms with Crippen LogP contribution in [0.25, 0.3) is 0 Å². The molecular formula is C24H17BrCl3N3O2. The maximum Gasteiger partial charge on any atom is 0.256 e. The fourth-order valence-corrected chi connectivity index (χ4v) is 4.21. The first-order valence-electron chi connectivity index (χ1n) is 9.83. The van der Waals surface area contributed by atoms with Crippen LogP contribution in [0.15, 0.2) is 77.4 Å². The fraction of sp³-hybridized carbons (Fsp3) is 0.0833. The van der Waals surface area contributed by atoms with Crippen LogP contribution in [0.3, 0.4) is 0 Å². The topological polar surface area (TPSA) is 56.2 Å². The quantitative estimate of drug-likeness (QED) is 0.253. The van der Waals surface area contributed by atoms with Crippen molar-refractivity contribution < 1.29 is 9.53 Å². The molecule has 0 saturated carbocycles. The Balaban J connectivity index is 1.43. The number of ether oxygens (including phenoxy) is 1. The summed E-state index contributed by atoms with van der Waals surface area (Å²) in [7, 11) is 0. The van der Waals surface area contributed by atoms with Crippen molar-refractivity contribution in [1.82, 2.24) is 9.78 Å². The maximum atomic E-state index is 12.8. The molecule has 4 aromatic rings. The first-order chi connectivity index (χ1) is 15.9. The highest BCUT2D eigenvalue weighted by Gasteiger charge is 2.15. The van der Waals surface area contributed by atoms with Gasteiger partial charge in [0.25, 0.3) is 5.91 Å². The van der Waals surface area contributed by atoms with Gasteiger partial charge in [-0.1, -0.05) is 75.0 Å². The lowest BCUT2D eigenvalue weighted by atomic mass is 10.1. The minimum atomic E-state index is -0.331. The van der Waals surface area contributed by atoms with Crippen molar-refractivity contribution in [3.8, 4) is 5.75 Å². The van der Waals surface area contributed by atoms with Gasteiger partial charge in [-0.3, -0.25) is 9.48 Å². The van der Waals surface area contributed by atoms with Gasteiger partial charge < -0.3 is 10.1 Å². The zero-order valence-corrected chi connectivity index (χ0v) is 20.9. The number of hydrogen-bond donors (Lipinski definition) is 1. The Morgan fingerprint density at radius 3 is 2.45 bits per heavy atom. The first kappa shape index (κ1) is 23.6. The number of halogens is 4. The first-order valence-corrected chi connectivity index (χ1v) is 11.8. The van der Waals surface area contributed by atoms with Crippen LogP contribution in [-0.4, -0.2) is 15.7 Å². The van der Waals surface area contributed by atoms with Crippen LogP contribution in [0.2, 0.25) is 15.1 Å². The summed E-state index contributed by atoms with van der Waals surface area (Å²) in [4.78, 5) is 12.8. The second-order valence-corrected chi connectivity index (χ2v) is 9.26. The van der Waals surface area contributed by atoms with E-state index in [2.05, 4.69) is 26.3 Å². The summed E-state index contributed by atoms with van der Waals surface area (Å²) in [5.41, 5.74) is 2.04. The van der Waals surface area contributed by atoms with Gasteiger partial charge in [-0.25, -0.2) is 0 Å². The van der Waals surface area contributed by atoms with Crippen molar-refractivity contribution >= 4 is 62.5 Å². The molecule has 168 valence electrons. The number of carbonyl (C=O) groups is 1. The Morgan fingerprint density at radius 1 is 0.970 bits per heavy atom. The number of nitrogens with zero attached hydrogens (tertiary/aromatic N) is 2. The van der Waals surface area contributed by atoms with Gasteiger partial charge in [-0.15, -0.1) is 0 Å². The largest absolute Gasteiger partial charge is 0.489 e. The zero-order chi connectivity index (χ0) is 23.4. The van der Waals surface area contributed by atoms with E-state index in [0.29, 0.717) is 33.8 Å². The average molecular weight is 566 g/mol. The lowest BCUT2D eigenvalue weighted by Crippen LogP contribution is -2.13. The Bertz CT molecular complexity index is 1290. The van der Waals surface area contributed by atoms with E-state index in [1.54, 1.807) is 47.3 Å². The monoisotopic (exact) mass is 563 g/mol. The second kappa shape index (κ2) is 10.6. The Labute approximate surface area is 214 Å². The van der Waals surface area contributed by atoms with E-state index in [9.17, 15) is 4.79 Å². The zero-order valence-electron chi connectivity index (χ0n) is 17.1. The minimum absolute atomic E-state index is 0.251. The van der Waals surface area contributed by atoms with E-state index in [0.717, 1.165) is 21.3 Å². The van der Waals surface area contributed by atoms with Crippen molar-refractivity contribution in [2.45, 2.75) is 13.2 Å². The van der Waals surface area contributed by atoms with Gasteiger partial charge in [0.05, 0.1) is 6.54 Å². The number of hydrogen-bond acceptors (Lipinski definition) is 3. The maximum absolute atomic E-state index is 12.8. The Hall–Kier alpha value is -2.51. The summed E-state index contributed by atoms with van der Waals surface area (Å²) in [6.07, 6.45) is 1.61. The van der Waals surface area contributed by atoms with Gasteiger partial charge in [-0.05, 0) is 48.0 Å². The molecule has 0 aliphatic rings. The molecule has 9 heteroatoms. The van der Waals surface area contributed by atoms with Crippen molar-refractivity contribution in [2.24, 2.45) is 0 Å². The number of carbonyl (C=O) groups excluding carboxylic acids is 1. The number of aromatic nitrogens is 2. The molecule has 33 heavy (non-hydrogen) atoms. The van der Waals surface area contributed by atoms with Crippen LogP contribution in [0.4, 0.5) is 5.82 Å². The standard InChI is InChI=1S/C24H17BrCl3N3O2/c25-17-6-2-7-18(11-17)33-14-15-4-1-5-16(10-15)24(32)29-23-22(28)13-31(30-23)12-19-20(26)8-3-9-21(19)27/h1-11,13H,12,14H2,(H,29,30,32). The normalized spacial score (nSPS) is 10.8. The van der Waals surface area contributed by atoms with E-state index >= 15 is 0 Å². The molecule has 0 bridgehead atoms. The molecule has 1 amide bonds. The lowest BCUT2D eigenvalue weighted by Gasteiger charge is -2.09.